The predicted octanol–water partition coefficient (Wildman–Crippen LogP) is 3.73. The summed E-state index contributed by atoms with van der Waals surface area (Å²) in [5.41, 5.74) is 1.95. The van der Waals surface area contributed by atoms with Gasteiger partial charge in [-0.25, -0.2) is 9.97 Å². The van der Waals surface area contributed by atoms with Gasteiger partial charge in [-0.2, -0.15) is 10.2 Å². The fourth-order valence-corrected chi connectivity index (χ4v) is 4.67. The number of amides is 1. The largest absolute Gasteiger partial charge is 0.472 e. The molecular weight excluding hydrogens is 504 g/mol. The second-order valence-corrected chi connectivity index (χ2v) is 9.51. The maximum absolute atomic E-state index is 12.8. The molecule has 0 saturated carbocycles. The van der Waals surface area contributed by atoms with Gasteiger partial charge in [0.1, 0.15) is 25.7 Å². The molecule has 0 atom stereocenters. The lowest BCUT2D eigenvalue weighted by molar-refractivity contribution is -0.132. The summed E-state index contributed by atoms with van der Waals surface area (Å²) in [4.78, 5) is 42.3. The number of ether oxygens (including phenoxy) is 1. The van der Waals surface area contributed by atoms with E-state index in [0.29, 0.717) is 53.4 Å². The molecule has 0 unspecified atom stereocenters. The van der Waals surface area contributed by atoms with Gasteiger partial charge < -0.3 is 19.0 Å². The van der Waals surface area contributed by atoms with E-state index >= 15 is 0 Å². The van der Waals surface area contributed by atoms with Crippen molar-refractivity contribution >= 4 is 29.9 Å². The summed E-state index contributed by atoms with van der Waals surface area (Å²) < 4.78 is 11.4. The number of benzene rings is 2. The molecule has 1 aliphatic rings. The number of hydrogen-bond donors (Lipinski definition) is 0. The van der Waals surface area contributed by atoms with Gasteiger partial charge >= 0.3 is 0 Å². The van der Waals surface area contributed by atoms with Gasteiger partial charge in [0.2, 0.25) is 23.6 Å². The van der Waals surface area contributed by atoms with Gasteiger partial charge in [-0.15, -0.1) is 0 Å². The molecule has 5 rings (SSSR count). The third-order valence-corrected chi connectivity index (χ3v) is 6.80. The summed E-state index contributed by atoms with van der Waals surface area (Å²) in [6.07, 6.45) is 5.50. The summed E-state index contributed by atoms with van der Waals surface area (Å²) >= 11 is 1.41. The highest BCUT2D eigenvalue weighted by Gasteiger charge is 2.27. The molecule has 4 aromatic rings. The van der Waals surface area contributed by atoms with Crippen molar-refractivity contribution in [3.8, 4) is 11.9 Å². The summed E-state index contributed by atoms with van der Waals surface area (Å²) in [6.45, 7) is 1.64. The smallest absolute Gasteiger partial charge is 0.242 e. The minimum absolute atomic E-state index is 0.0813. The van der Waals surface area contributed by atoms with E-state index in [-0.39, 0.29) is 19.1 Å². The number of carbonyl (C=O) groups is 2. The third-order valence-electron chi connectivity index (χ3n) is 5.79. The Labute approximate surface area is 222 Å². The Hall–Kier alpha value is -4.69. The Morgan fingerprint density at radius 3 is 2.76 bits per heavy atom. The minimum Gasteiger partial charge on any atom is -0.472 e. The van der Waals surface area contributed by atoms with E-state index in [0.717, 1.165) is 16.7 Å². The summed E-state index contributed by atoms with van der Waals surface area (Å²) in [6, 6.07) is 16.4. The van der Waals surface area contributed by atoms with E-state index in [2.05, 4.69) is 21.0 Å². The van der Waals surface area contributed by atoms with Crippen molar-refractivity contribution in [2.24, 2.45) is 0 Å². The molecule has 1 fully saturated rings. The zero-order valence-electron chi connectivity index (χ0n) is 20.2. The quantitative estimate of drug-likeness (QED) is 0.298. The SMILES string of the molecule is N#Cc1ccc(Sc2cnc(N3CCN(Cc4ncco4)C(=O)C3)nc2OCc2cccc(C=O)c2)cc1. The fraction of sp³-hybridized carbons (Fsp3) is 0.185. The number of nitrogens with zero attached hydrogens (tertiary/aromatic N) is 6. The van der Waals surface area contributed by atoms with Crippen LogP contribution in [-0.2, 0) is 17.9 Å². The van der Waals surface area contributed by atoms with Crippen LogP contribution >= 0.6 is 11.8 Å². The fourth-order valence-electron chi connectivity index (χ4n) is 3.85. The highest BCUT2D eigenvalue weighted by Crippen LogP contribution is 2.35. The number of anilines is 1. The Morgan fingerprint density at radius 2 is 2.03 bits per heavy atom. The summed E-state index contributed by atoms with van der Waals surface area (Å²) in [5, 5.41) is 9.07. The van der Waals surface area contributed by atoms with E-state index in [1.54, 1.807) is 47.6 Å². The van der Waals surface area contributed by atoms with E-state index in [4.69, 9.17) is 14.4 Å². The molecule has 190 valence electrons. The molecule has 0 bridgehead atoms. The van der Waals surface area contributed by atoms with Crippen molar-refractivity contribution in [3.63, 3.8) is 0 Å². The number of nitriles is 1. The lowest BCUT2D eigenvalue weighted by atomic mass is 10.1. The van der Waals surface area contributed by atoms with Gasteiger partial charge in [0.25, 0.3) is 0 Å². The van der Waals surface area contributed by atoms with E-state index < -0.39 is 0 Å². The van der Waals surface area contributed by atoms with Crippen molar-refractivity contribution < 1.29 is 18.7 Å². The topological polar surface area (TPSA) is 125 Å². The maximum Gasteiger partial charge on any atom is 0.242 e. The van der Waals surface area contributed by atoms with Gasteiger partial charge in [0.05, 0.1) is 35.5 Å². The first-order chi connectivity index (χ1) is 18.6. The zero-order chi connectivity index (χ0) is 26.3. The lowest BCUT2D eigenvalue weighted by Crippen LogP contribution is -2.50. The minimum atomic E-state index is -0.0813. The van der Waals surface area contributed by atoms with Crippen LogP contribution in [0.5, 0.6) is 5.88 Å². The van der Waals surface area contributed by atoms with Gasteiger partial charge in [0.15, 0.2) is 0 Å². The highest BCUT2D eigenvalue weighted by atomic mass is 32.2. The molecule has 2 aromatic carbocycles. The number of carbonyl (C=O) groups excluding carboxylic acids is 2. The molecule has 10 nitrogen and oxygen atoms in total. The second kappa shape index (κ2) is 11.6. The number of rotatable bonds is 9. The van der Waals surface area contributed by atoms with Crippen molar-refractivity contribution in [2.75, 3.05) is 24.5 Å². The van der Waals surface area contributed by atoms with Crippen molar-refractivity contribution in [1.29, 1.82) is 5.26 Å². The Morgan fingerprint density at radius 1 is 1.16 bits per heavy atom. The van der Waals surface area contributed by atoms with Gasteiger partial charge in [0, 0.05) is 23.5 Å². The van der Waals surface area contributed by atoms with Crippen LogP contribution in [0, 0.1) is 11.3 Å². The molecule has 0 aliphatic carbocycles. The van der Waals surface area contributed by atoms with Crippen LogP contribution in [0.4, 0.5) is 5.95 Å². The van der Waals surface area contributed by atoms with Crippen LogP contribution < -0.4 is 9.64 Å². The number of aromatic nitrogens is 3. The van der Waals surface area contributed by atoms with Crippen LogP contribution in [-0.4, -0.2) is 51.7 Å². The molecule has 0 spiro atoms. The van der Waals surface area contributed by atoms with E-state index in [1.807, 2.05) is 23.1 Å². The normalized spacial score (nSPS) is 13.3. The molecule has 38 heavy (non-hydrogen) atoms. The van der Waals surface area contributed by atoms with Crippen LogP contribution in [0.25, 0.3) is 0 Å². The van der Waals surface area contributed by atoms with Crippen LogP contribution in [0.15, 0.2) is 81.4 Å². The van der Waals surface area contributed by atoms with Crippen molar-refractivity contribution in [3.05, 3.63) is 89.8 Å². The zero-order valence-corrected chi connectivity index (χ0v) is 21.0. The Balaban J connectivity index is 1.35. The van der Waals surface area contributed by atoms with E-state index in [1.165, 1.54) is 18.0 Å². The maximum atomic E-state index is 12.8. The molecule has 0 N–H and O–H groups in total. The van der Waals surface area contributed by atoms with Crippen LogP contribution in [0.1, 0.15) is 27.4 Å². The number of hydrogen-bond acceptors (Lipinski definition) is 10. The first-order valence-corrected chi connectivity index (χ1v) is 12.6. The standard InChI is InChI=1S/C27H22N6O4S/c28-13-19-4-6-22(7-5-19)38-23-14-30-27(31-26(23)37-18-21-3-1-2-20(12-21)17-34)33-10-9-32(25(35)16-33)15-24-29-8-11-36-24/h1-8,11-12,14,17H,9-10,15-16,18H2. The average molecular weight is 527 g/mol. The molecule has 0 radical (unpaired) electrons. The molecule has 11 heteroatoms. The molecule has 3 heterocycles. The van der Waals surface area contributed by atoms with Gasteiger partial charge in [-0.3, -0.25) is 9.59 Å². The van der Waals surface area contributed by atoms with Crippen molar-refractivity contribution in [1.82, 2.24) is 19.9 Å². The van der Waals surface area contributed by atoms with Gasteiger partial charge in [-0.1, -0.05) is 30.0 Å². The number of oxazole rings is 1. The molecule has 1 aliphatic heterocycles. The Bertz CT molecular complexity index is 1470. The average Bonchev–Trinajstić information content (AvgIpc) is 3.47. The summed E-state index contributed by atoms with van der Waals surface area (Å²) in [7, 11) is 0. The predicted molar refractivity (Wildman–Crippen MR) is 138 cm³/mol. The molecule has 2 aromatic heterocycles. The third kappa shape index (κ3) is 5.99. The van der Waals surface area contributed by atoms with Gasteiger partial charge in [-0.05, 0) is 35.9 Å². The number of piperazine rings is 1. The summed E-state index contributed by atoms with van der Waals surface area (Å²) in [5.74, 6) is 1.15. The van der Waals surface area contributed by atoms with Crippen molar-refractivity contribution in [2.45, 2.75) is 22.9 Å². The lowest BCUT2D eigenvalue weighted by Gasteiger charge is -2.33. The number of aldehydes is 1. The molecule has 1 saturated heterocycles. The first-order valence-electron chi connectivity index (χ1n) is 11.7. The molecule has 1 amide bonds. The highest BCUT2D eigenvalue weighted by molar-refractivity contribution is 7.99. The Kier molecular flexibility index (Phi) is 7.61. The van der Waals surface area contributed by atoms with Crippen LogP contribution in [0.2, 0.25) is 0 Å². The monoisotopic (exact) mass is 526 g/mol. The van der Waals surface area contributed by atoms with E-state index in [9.17, 15) is 9.59 Å². The second-order valence-electron chi connectivity index (χ2n) is 8.39. The first kappa shape index (κ1) is 25.0. The molecular formula is C27H22N6O4S. The van der Waals surface area contributed by atoms with Crippen LogP contribution in [0.3, 0.4) is 0 Å².